The van der Waals surface area contributed by atoms with Crippen LogP contribution in [0.25, 0.3) is 22.3 Å². The van der Waals surface area contributed by atoms with Gasteiger partial charge in [-0.3, -0.25) is 4.79 Å². The number of unbranched alkanes of at least 4 members (excludes halogenated alkanes) is 9. The van der Waals surface area contributed by atoms with Crippen LogP contribution in [0.15, 0.2) is 60.7 Å². The second-order valence-corrected chi connectivity index (χ2v) is 16.5. The first-order valence-corrected chi connectivity index (χ1v) is 21.3. The Labute approximate surface area is 314 Å². The lowest BCUT2D eigenvalue weighted by Gasteiger charge is -2.33. The van der Waals surface area contributed by atoms with Crippen molar-refractivity contribution in [2.24, 2.45) is 0 Å². The molecule has 1 aliphatic rings. The Hall–Kier alpha value is -2.11. The molecule has 268 valence electrons. The van der Waals surface area contributed by atoms with E-state index in [1.54, 1.807) is 0 Å². The third kappa shape index (κ3) is 11.2. The third-order valence-electron chi connectivity index (χ3n) is 10.2. The van der Waals surface area contributed by atoms with Crippen LogP contribution in [0.3, 0.4) is 0 Å². The van der Waals surface area contributed by atoms with Gasteiger partial charge >= 0.3 is 5.97 Å². The molecule has 0 bridgehead atoms. The van der Waals surface area contributed by atoms with E-state index in [9.17, 15) is 4.79 Å². The first-order chi connectivity index (χ1) is 23.7. The van der Waals surface area contributed by atoms with Crippen molar-refractivity contribution in [3.8, 4) is 28.0 Å². The van der Waals surface area contributed by atoms with Gasteiger partial charge in [0.2, 0.25) is 0 Å². The van der Waals surface area contributed by atoms with Crippen molar-refractivity contribution < 1.29 is 14.3 Å². The Balaban J connectivity index is 1.61. The Bertz CT molecular complexity index is 1440. The molecule has 1 aliphatic carbocycles. The first-order valence-electron chi connectivity index (χ1n) is 19.0. The quantitative estimate of drug-likeness (QED) is 0.0577. The highest BCUT2D eigenvalue weighted by atomic mass is 79.9. The molecule has 0 saturated heterocycles. The van der Waals surface area contributed by atoms with Crippen LogP contribution in [-0.4, -0.2) is 29.8 Å². The van der Waals surface area contributed by atoms with Crippen LogP contribution in [-0.2, 0) is 20.4 Å². The van der Waals surface area contributed by atoms with Crippen molar-refractivity contribution in [2.75, 3.05) is 23.9 Å². The minimum Gasteiger partial charge on any atom is -0.494 e. The van der Waals surface area contributed by atoms with Crippen molar-refractivity contribution in [2.45, 2.75) is 135 Å². The van der Waals surface area contributed by atoms with Gasteiger partial charge in [0, 0.05) is 22.5 Å². The molecule has 0 radical (unpaired) electrons. The second kappa shape index (κ2) is 20.1. The zero-order valence-electron chi connectivity index (χ0n) is 30.7. The summed E-state index contributed by atoms with van der Waals surface area (Å²) in [6.07, 6.45) is 17.0. The molecule has 0 aliphatic heterocycles. The van der Waals surface area contributed by atoms with Crippen LogP contribution < -0.4 is 4.74 Å². The Morgan fingerprint density at radius 3 is 1.98 bits per heavy atom. The summed E-state index contributed by atoms with van der Waals surface area (Å²) in [5, 5.41) is 2.19. The molecule has 0 N–H and O–H groups in total. The molecule has 49 heavy (non-hydrogen) atoms. The van der Waals surface area contributed by atoms with Crippen molar-refractivity contribution in [1.82, 2.24) is 0 Å². The molecular weight excluding hydrogens is 736 g/mol. The summed E-state index contributed by atoms with van der Waals surface area (Å²) in [5.74, 6) is 0.858. The maximum absolute atomic E-state index is 11.6. The SMILES string of the molecule is CCOC(=O)CCCCCCOc1cc(-c2ccc3c(c2)C(CCCCCCBr)(CCCCCCBr)c2ccccc2-3)cc(C(C)(C)C)c1. The number of fused-ring (bicyclic) bond motifs is 3. The number of esters is 1. The van der Waals surface area contributed by atoms with Crippen LogP contribution >= 0.6 is 31.9 Å². The maximum Gasteiger partial charge on any atom is 0.305 e. The molecule has 0 saturated carbocycles. The van der Waals surface area contributed by atoms with Gasteiger partial charge in [-0.25, -0.2) is 0 Å². The molecule has 0 fully saturated rings. The number of hydrogen-bond donors (Lipinski definition) is 0. The first kappa shape index (κ1) is 39.7. The normalized spacial score (nSPS) is 13.3. The molecular formula is C44H60Br2O3. The highest BCUT2D eigenvalue weighted by Gasteiger charge is 2.42. The maximum atomic E-state index is 11.6. The number of benzene rings is 3. The summed E-state index contributed by atoms with van der Waals surface area (Å²) < 4.78 is 11.5. The van der Waals surface area contributed by atoms with Gasteiger partial charge in [0.25, 0.3) is 0 Å². The number of alkyl halides is 2. The van der Waals surface area contributed by atoms with Crippen LogP contribution in [0.4, 0.5) is 0 Å². The van der Waals surface area contributed by atoms with Crippen molar-refractivity contribution in [3.63, 3.8) is 0 Å². The molecule has 0 heterocycles. The summed E-state index contributed by atoms with van der Waals surface area (Å²) in [7, 11) is 0. The van der Waals surface area contributed by atoms with E-state index in [0.717, 1.165) is 42.1 Å². The summed E-state index contributed by atoms with van der Waals surface area (Å²) >= 11 is 7.27. The Morgan fingerprint density at radius 2 is 1.31 bits per heavy atom. The number of carbonyl (C=O) groups excluding carboxylic acids is 1. The zero-order valence-corrected chi connectivity index (χ0v) is 33.9. The van der Waals surface area contributed by atoms with Gasteiger partial charge in [-0.1, -0.05) is 146 Å². The number of halogens is 2. The molecule has 0 unspecified atom stereocenters. The molecule has 0 amide bonds. The smallest absolute Gasteiger partial charge is 0.305 e. The Morgan fingerprint density at radius 1 is 0.673 bits per heavy atom. The van der Waals surface area contributed by atoms with E-state index >= 15 is 0 Å². The number of ether oxygens (including phenoxy) is 2. The third-order valence-corrected chi connectivity index (χ3v) is 11.3. The molecule has 5 heteroatoms. The highest BCUT2D eigenvalue weighted by Crippen LogP contribution is 2.55. The van der Waals surface area contributed by atoms with Gasteiger partial charge in [-0.2, -0.15) is 0 Å². The molecule has 3 aromatic carbocycles. The van der Waals surface area contributed by atoms with Crippen LogP contribution in [0.1, 0.15) is 141 Å². The number of carbonyl (C=O) groups is 1. The van der Waals surface area contributed by atoms with Gasteiger partial charge in [0.1, 0.15) is 5.75 Å². The molecule has 4 rings (SSSR count). The van der Waals surface area contributed by atoms with E-state index in [1.165, 1.54) is 103 Å². The molecule has 0 spiro atoms. The van der Waals surface area contributed by atoms with Gasteiger partial charge in [0.05, 0.1) is 13.2 Å². The number of hydrogen-bond acceptors (Lipinski definition) is 3. The predicted octanol–water partition coefficient (Wildman–Crippen LogP) is 13.5. The lowest BCUT2D eigenvalue weighted by molar-refractivity contribution is -0.143. The van der Waals surface area contributed by atoms with E-state index in [4.69, 9.17) is 9.47 Å². The van der Waals surface area contributed by atoms with E-state index in [-0.39, 0.29) is 16.8 Å². The van der Waals surface area contributed by atoms with Crippen molar-refractivity contribution in [1.29, 1.82) is 0 Å². The molecule has 3 nitrogen and oxygen atoms in total. The largest absolute Gasteiger partial charge is 0.494 e. The number of rotatable bonds is 22. The average Bonchev–Trinajstić information content (AvgIpc) is 3.36. The van der Waals surface area contributed by atoms with Crippen molar-refractivity contribution >= 4 is 37.8 Å². The Kier molecular flexibility index (Phi) is 16.2. The zero-order chi connectivity index (χ0) is 35.1. The van der Waals surface area contributed by atoms with E-state index in [0.29, 0.717) is 19.6 Å². The van der Waals surface area contributed by atoms with Gasteiger partial charge in [0.15, 0.2) is 0 Å². The second-order valence-electron chi connectivity index (χ2n) is 14.9. The van der Waals surface area contributed by atoms with E-state index in [2.05, 4.69) is 113 Å². The predicted molar refractivity (Wildman–Crippen MR) is 216 cm³/mol. The van der Waals surface area contributed by atoms with E-state index in [1.807, 2.05) is 6.92 Å². The fraction of sp³-hybridized carbons (Fsp3) is 0.568. The average molecular weight is 797 g/mol. The minimum absolute atomic E-state index is 0.00218. The topological polar surface area (TPSA) is 35.5 Å². The molecule has 0 aromatic heterocycles. The highest BCUT2D eigenvalue weighted by molar-refractivity contribution is 9.09. The monoisotopic (exact) mass is 794 g/mol. The van der Waals surface area contributed by atoms with Crippen LogP contribution in [0.2, 0.25) is 0 Å². The summed E-state index contributed by atoms with van der Waals surface area (Å²) in [5.41, 5.74) is 9.79. The van der Waals surface area contributed by atoms with Gasteiger partial charge < -0.3 is 9.47 Å². The van der Waals surface area contributed by atoms with Gasteiger partial charge in [-0.15, -0.1) is 0 Å². The summed E-state index contributed by atoms with van der Waals surface area (Å²) in [6, 6.07) is 23.4. The standard InChI is InChI=1S/C44H60Br2O3/c1-5-48-42(47)22-12-6-11-19-29-49-37-31-35(30-36(33-37)43(2,3)4)34-23-24-39-38-20-13-14-21-40(38)44(41(39)32-34,25-15-7-9-17-27-45)26-16-8-10-18-28-46/h13-14,20-21,23-24,30-33H,5-12,15-19,22,25-29H2,1-4H3. The molecule has 3 aromatic rings. The van der Waals surface area contributed by atoms with Gasteiger partial charge in [-0.05, 0) is 108 Å². The fourth-order valence-corrected chi connectivity index (χ4v) is 8.27. The van der Waals surface area contributed by atoms with Crippen molar-refractivity contribution in [3.05, 3.63) is 77.4 Å². The lowest BCUT2D eigenvalue weighted by atomic mass is 9.70. The van der Waals surface area contributed by atoms with Crippen LogP contribution in [0, 0.1) is 0 Å². The lowest BCUT2D eigenvalue weighted by Crippen LogP contribution is -2.25. The molecule has 0 atom stereocenters. The summed E-state index contributed by atoms with van der Waals surface area (Å²) in [4.78, 5) is 11.6. The summed E-state index contributed by atoms with van der Waals surface area (Å²) in [6.45, 7) is 9.85. The van der Waals surface area contributed by atoms with E-state index < -0.39 is 0 Å². The minimum atomic E-state index is -0.0893. The fourth-order valence-electron chi connectivity index (χ4n) is 7.48. The van der Waals surface area contributed by atoms with Crippen LogP contribution in [0.5, 0.6) is 5.75 Å².